The molecule has 0 aromatic heterocycles. The Bertz CT molecular complexity index is 387. The van der Waals surface area contributed by atoms with E-state index in [-0.39, 0.29) is 6.61 Å². The smallest absolute Gasteiger partial charge is 0.114 e. The van der Waals surface area contributed by atoms with Gasteiger partial charge in [-0.1, -0.05) is 76.9 Å². The molecule has 0 spiro atoms. The van der Waals surface area contributed by atoms with E-state index in [4.69, 9.17) is 14.6 Å². The fourth-order valence-electron chi connectivity index (χ4n) is 3.79. The highest BCUT2D eigenvalue weighted by atomic mass is 16.6. The van der Waals surface area contributed by atoms with Crippen LogP contribution >= 0.6 is 0 Å². The first kappa shape index (κ1) is 26.6. The van der Waals surface area contributed by atoms with Gasteiger partial charge in [-0.25, -0.2) is 0 Å². The van der Waals surface area contributed by atoms with Gasteiger partial charge in [0.15, 0.2) is 0 Å². The van der Waals surface area contributed by atoms with Crippen molar-refractivity contribution in [2.24, 2.45) is 0 Å². The van der Waals surface area contributed by atoms with Gasteiger partial charge in [0.1, 0.15) is 24.4 Å². The van der Waals surface area contributed by atoms with Gasteiger partial charge in [-0.3, -0.25) is 0 Å². The second-order valence-electron chi connectivity index (χ2n) is 8.39. The molecule has 29 heavy (non-hydrogen) atoms. The molecule has 4 atom stereocenters. The van der Waals surface area contributed by atoms with Crippen molar-refractivity contribution in [3.05, 3.63) is 12.2 Å². The van der Waals surface area contributed by atoms with Crippen LogP contribution in [0, 0.1) is 0 Å². The summed E-state index contributed by atoms with van der Waals surface area (Å²) < 4.78 is 11.0. The maximum absolute atomic E-state index is 10.1. The van der Waals surface area contributed by atoms with Crippen LogP contribution in [0.25, 0.3) is 0 Å². The topological polar surface area (TPSA) is 79.2 Å². The monoisotopic (exact) mass is 414 g/mol. The molecule has 0 aromatic rings. The van der Waals surface area contributed by atoms with Crippen molar-refractivity contribution in [3.8, 4) is 0 Å². The van der Waals surface area contributed by atoms with Gasteiger partial charge in [0, 0.05) is 6.61 Å². The summed E-state index contributed by atoms with van der Waals surface area (Å²) in [5.41, 5.74) is 0. The highest BCUT2D eigenvalue weighted by molar-refractivity contribution is 4.88. The fourth-order valence-corrected chi connectivity index (χ4v) is 3.79. The average molecular weight is 415 g/mol. The van der Waals surface area contributed by atoms with E-state index >= 15 is 0 Å². The molecule has 5 heteroatoms. The molecule has 1 rings (SSSR count). The van der Waals surface area contributed by atoms with Crippen molar-refractivity contribution in [1.82, 2.24) is 0 Å². The van der Waals surface area contributed by atoms with Crippen molar-refractivity contribution in [2.45, 2.75) is 121 Å². The summed E-state index contributed by atoms with van der Waals surface area (Å²) in [6.45, 7) is 2.73. The summed E-state index contributed by atoms with van der Waals surface area (Å²) in [5.74, 6) is 0. The van der Waals surface area contributed by atoms with Crippen molar-refractivity contribution in [3.63, 3.8) is 0 Å². The Morgan fingerprint density at radius 3 is 2.03 bits per heavy atom. The van der Waals surface area contributed by atoms with E-state index in [2.05, 4.69) is 19.1 Å². The van der Waals surface area contributed by atoms with Gasteiger partial charge in [0.2, 0.25) is 0 Å². The highest BCUT2D eigenvalue weighted by Gasteiger charge is 2.40. The Morgan fingerprint density at radius 1 is 0.897 bits per heavy atom. The average Bonchev–Trinajstić information content (AvgIpc) is 3.10. The van der Waals surface area contributed by atoms with Crippen molar-refractivity contribution >= 4 is 0 Å². The van der Waals surface area contributed by atoms with Crippen molar-refractivity contribution < 1.29 is 24.8 Å². The summed E-state index contributed by atoms with van der Waals surface area (Å²) in [6.07, 6.45) is 19.5. The maximum Gasteiger partial charge on any atom is 0.114 e. The zero-order chi connectivity index (χ0) is 21.2. The maximum atomic E-state index is 10.1. The van der Waals surface area contributed by atoms with Crippen LogP contribution in [0.15, 0.2) is 12.2 Å². The molecule has 0 aliphatic carbocycles. The molecule has 1 fully saturated rings. The van der Waals surface area contributed by atoms with Gasteiger partial charge in [0.25, 0.3) is 0 Å². The number of unbranched alkanes of at least 4 members (excludes halogenated alkanes) is 12. The van der Waals surface area contributed by atoms with E-state index in [0.717, 1.165) is 12.8 Å². The van der Waals surface area contributed by atoms with E-state index in [1.54, 1.807) is 0 Å². The van der Waals surface area contributed by atoms with Crippen molar-refractivity contribution in [1.29, 1.82) is 0 Å². The first-order valence-electron chi connectivity index (χ1n) is 12.1. The minimum atomic E-state index is -1.05. The Morgan fingerprint density at radius 2 is 1.45 bits per heavy atom. The van der Waals surface area contributed by atoms with Gasteiger partial charge in [-0.05, 0) is 32.1 Å². The van der Waals surface area contributed by atoms with Gasteiger partial charge >= 0.3 is 0 Å². The quantitative estimate of drug-likeness (QED) is 0.214. The molecule has 1 saturated heterocycles. The molecule has 1 aliphatic heterocycles. The van der Waals surface area contributed by atoms with E-state index < -0.39 is 31.0 Å². The van der Waals surface area contributed by atoms with E-state index in [0.29, 0.717) is 6.61 Å². The van der Waals surface area contributed by atoms with Crippen LogP contribution in [0.5, 0.6) is 0 Å². The number of aliphatic hydroxyl groups excluding tert-OH is 3. The molecule has 1 aliphatic rings. The minimum absolute atomic E-state index is 0.274. The zero-order valence-electron chi connectivity index (χ0n) is 18.6. The first-order valence-corrected chi connectivity index (χ1v) is 12.1. The lowest BCUT2D eigenvalue weighted by molar-refractivity contribution is -0.0730. The van der Waals surface area contributed by atoms with Crippen LogP contribution in [0.1, 0.15) is 96.8 Å². The van der Waals surface area contributed by atoms with Gasteiger partial charge in [0.05, 0.1) is 13.2 Å². The van der Waals surface area contributed by atoms with Crippen LogP contribution in [-0.4, -0.2) is 59.6 Å². The number of hydrogen-bond acceptors (Lipinski definition) is 5. The zero-order valence-corrected chi connectivity index (χ0v) is 18.6. The molecule has 5 nitrogen and oxygen atoms in total. The van der Waals surface area contributed by atoms with Crippen LogP contribution in [0.4, 0.5) is 0 Å². The number of allylic oxidation sites excluding steroid dienone is 2. The summed E-state index contributed by atoms with van der Waals surface area (Å²) in [4.78, 5) is 0. The lowest BCUT2D eigenvalue weighted by atomic mass is 10.1. The van der Waals surface area contributed by atoms with Crippen LogP contribution < -0.4 is 0 Å². The molecule has 0 saturated carbocycles. The first-order chi connectivity index (χ1) is 14.2. The molecule has 172 valence electrons. The number of ether oxygens (including phenoxy) is 2. The molecule has 0 amide bonds. The third-order valence-corrected chi connectivity index (χ3v) is 5.72. The minimum Gasteiger partial charge on any atom is -0.394 e. The summed E-state index contributed by atoms with van der Waals surface area (Å²) in [6, 6.07) is 0. The molecular formula is C24H46O5. The molecule has 0 radical (unpaired) electrons. The Kier molecular flexibility index (Phi) is 16.8. The lowest BCUT2D eigenvalue weighted by Crippen LogP contribution is -2.41. The number of aliphatic hydroxyl groups is 3. The van der Waals surface area contributed by atoms with E-state index in [1.807, 2.05) is 0 Å². The molecular weight excluding hydrogens is 368 g/mol. The van der Waals surface area contributed by atoms with Crippen LogP contribution in [0.2, 0.25) is 0 Å². The van der Waals surface area contributed by atoms with Gasteiger partial charge in [-0.2, -0.15) is 0 Å². The molecule has 1 heterocycles. The Balaban J connectivity index is 1.83. The highest BCUT2D eigenvalue weighted by Crippen LogP contribution is 2.20. The Hall–Kier alpha value is -0.460. The molecule has 3 N–H and O–H groups in total. The van der Waals surface area contributed by atoms with E-state index in [9.17, 15) is 10.2 Å². The van der Waals surface area contributed by atoms with Crippen LogP contribution in [0.3, 0.4) is 0 Å². The summed E-state index contributed by atoms with van der Waals surface area (Å²) in [7, 11) is 0. The molecule has 0 bridgehead atoms. The third kappa shape index (κ3) is 12.7. The van der Waals surface area contributed by atoms with Gasteiger partial charge in [-0.15, -0.1) is 0 Å². The standard InChI is InChI=1S/C24H46O5/c1-2-3-4-5-6-7-8-9-10-11-12-13-14-15-16-17-18-28-22-20-29-24(23(22)27)21(26)19-25/h8-9,21-27H,2-7,10-20H2,1H3/b9-8+/t21-,22+,23+,24+/m1/s1. The predicted octanol–water partition coefficient (Wildman–Crippen LogP) is 4.52. The Labute approximate surface area is 178 Å². The van der Waals surface area contributed by atoms with Crippen molar-refractivity contribution in [2.75, 3.05) is 19.8 Å². The number of hydrogen-bond donors (Lipinski definition) is 3. The summed E-state index contributed by atoms with van der Waals surface area (Å²) >= 11 is 0. The van der Waals surface area contributed by atoms with Crippen LogP contribution in [-0.2, 0) is 9.47 Å². The largest absolute Gasteiger partial charge is 0.394 e. The normalized spacial score (nSPS) is 23.2. The second-order valence-corrected chi connectivity index (χ2v) is 8.39. The second kappa shape index (κ2) is 18.3. The number of rotatable bonds is 19. The molecule has 0 unspecified atom stereocenters. The summed E-state index contributed by atoms with van der Waals surface area (Å²) in [5, 5.41) is 28.6. The predicted molar refractivity (Wildman–Crippen MR) is 118 cm³/mol. The lowest BCUT2D eigenvalue weighted by Gasteiger charge is -2.20. The third-order valence-electron chi connectivity index (χ3n) is 5.72. The SMILES string of the molecule is CCCCCCC/C=C/CCCCCCCCCO[C@H]1CO[C@@H]([C@H](O)CO)[C@H]1O. The fraction of sp³-hybridized carbons (Fsp3) is 0.917. The van der Waals surface area contributed by atoms with Gasteiger partial charge < -0.3 is 24.8 Å². The van der Waals surface area contributed by atoms with E-state index in [1.165, 1.54) is 77.0 Å². The molecule has 0 aromatic carbocycles.